The standard InChI is InChI=1S/C14H17BrN4O2S/c1-3-6-18-22(20,21)13-7-10(4-5-12(13)15)11-8-17-14(16)19-9(11)2/h4-5,7-8,18H,3,6H2,1-2H3,(H2,16,17,19). The second-order valence-electron chi connectivity index (χ2n) is 4.77. The molecule has 0 radical (unpaired) electrons. The van der Waals surface area contributed by atoms with Gasteiger partial charge in [-0.3, -0.25) is 0 Å². The lowest BCUT2D eigenvalue weighted by Crippen LogP contribution is -2.24. The number of nitrogens with two attached hydrogens (primary N) is 1. The molecular weight excluding hydrogens is 368 g/mol. The van der Waals surface area contributed by atoms with E-state index in [1.165, 1.54) is 0 Å². The zero-order valence-corrected chi connectivity index (χ0v) is 14.7. The van der Waals surface area contributed by atoms with Crippen LogP contribution < -0.4 is 10.5 Å². The predicted molar refractivity (Wildman–Crippen MR) is 89.8 cm³/mol. The molecule has 0 spiro atoms. The molecule has 2 rings (SSSR count). The summed E-state index contributed by atoms with van der Waals surface area (Å²) in [5.41, 5.74) is 7.71. The van der Waals surface area contributed by atoms with Gasteiger partial charge in [0, 0.05) is 22.8 Å². The fraction of sp³-hybridized carbons (Fsp3) is 0.286. The molecule has 1 aromatic heterocycles. The van der Waals surface area contributed by atoms with Gasteiger partial charge in [0.15, 0.2) is 0 Å². The minimum Gasteiger partial charge on any atom is -0.368 e. The molecule has 0 unspecified atom stereocenters. The van der Waals surface area contributed by atoms with Crippen LogP contribution in [0.5, 0.6) is 0 Å². The zero-order chi connectivity index (χ0) is 16.3. The van der Waals surface area contributed by atoms with Crippen molar-refractivity contribution in [2.75, 3.05) is 12.3 Å². The van der Waals surface area contributed by atoms with Crippen molar-refractivity contribution in [3.8, 4) is 11.1 Å². The quantitative estimate of drug-likeness (QED) is 0.824. The van der Waals surface area contributed by atoms with Crippen molar-refractivity contribution in [1.29, 1.82) is 0 Å². The van der Waals surface area contributed by atoms with Crippen LogP contribution in [-0.2, 0) is 10.0 Å². The molecule has 0 saturated carbocycles. The summed E-state index contributed by atoms with van der Waals surface area (Å²) in [7, 11) is -3.57. The summed E-state index contributed by atoms with van der Waals surface area (Å²) in [6, 6.07) is 5.11. The molecule has 22 heavy (non-hydrogen) atoms. The number of nitrogens with zero attached hydrogens (tertiary/aromatic N) is 2. The van der Waals surface area contributed by atoms with Crippen LogP contribution in [0.15, 0.2) is 33.8 Å². The first-order valence-corrected chi connectivity index (χ1v) is 9.01. The first-order chi connectivity index (χ1) is 10.3. The Morgan fingerprint density at radius 2 is 2.09 bits per heavy atom. The van der Waals surface area contributed by atoms with Crippen molar-refractivity contribution < 1.29 is 8.42 Å². The van der Waals surface area contributed by atoms with E-state index in [1.807, 2.05) is 13.0 Å². The van der Waals surface area contributed by atoms with Crippen molar-refractivity contribution in [2.24, 2.45) is 0 Å². The summed E-state index contributed by atoms with van der Waals surface area (Å²) in [4.78, 5) is 8.26. The van der Waals surface area contributed by atoms with Crippen LogP contribution in [0.1, 0.15) is 19.0 Å². The maximum atomic E-state index is 12.3. The number of hydrogen-bond acceptors (Lipinski definition) is 5. The van der Waals surface area contributed by atoms with Crippen molar-refractivity contribution in [1.82, 2.24) is 14.7 Å². The maximum absolute atomic E-state index is 12.3. The average molecular weight is 385 g/mol. The first kappa shape index (κ1) is 16.9. The van der Waals surface area contributed by atoms with Gasteiger partial charge < -0.3 is 5.73 Å². The van der Waals surface area contributed by atoms with Gasteiger partial charge in [0.25, 0.3) is 0 Å². The SMILES string of the molecule is CCCNS(=O)(=O)c1cc(-c2cnc(N)nc2C)ccc1Br. The fourth-order valence-electron chi connectivity index (χ4n) is 1.96. The van der Waals surface area contributed by atoms with Gasteiger partial charge in [-0.1, -0.05) is 13.0 Å². The Balaban J connectivity index is 2.51. The van der Waals surface area contributed by atoms with E-state index in [1.54, 1.807) is 25.3 Å². The molecule has 0 amide bonds. The van der Waals surface area contributed by atoms with Crippen molar-refractivity contribution in [2.45, 2.75) is 25.2 Å². The van der Waals surface area contributed by atoms with Gasteiger partial charge in [-0.2, -0.15) is 0 Å². The minimum absolute atomic E-state index is 0.190. The lowest BCUT2D eigenvalue weighted by molar-refractivity contribution is 0.580. The fourth-order valence-corrected chi connectivity index (χ4v) is 4.08. The third-order valence-corrected chi connectivity index (χ3v) is 5.53. The number of aromatic nitrogens is 2. The third-order valence-electron chi connectivity index (χ3n) is 3.07. The van der Waals surface area contributed by atoms with Crippen LogP contribution in [0.25, 0.3) is 11.1 Å². The van der Waals surface area contributed by atoms with Crippen molar-refractivity contribution in [3.05, 3.63) is 34.6 Å². The predicted octanol–water partition coefficient (Wildman–Crippen LogP) is 2.49. The van der Waals surface area contributed by atoms with Gasteiger partial charge in [-0.25, -0.2) is 23.1 Å². The van der Waals surface area contributed by atoms with E-state index in [4.69, 9.17) is 5.73 Å². The lowest BCUT2D eigenvalue weighted by Gasteiger charge is -2.11. The van der Waals surface area contributed by atoms with Crippen molar-refractivity contribution >= 4 is 31.9 Å². The number of sulfonamides is 1. The molecule has 0 saturated heterocycles. The molecule has 0 bridgehead atoms. The number of halogens is 1. The van der Waals surface area contributed by atoms with E-state index in [0.717, 1.165) is 17.5 Å². The van der Waals surface area contributed by atoms with Gasteiger partial charge in [0.2, 0.25) is 16.0 Å². The number of benzene rings is 1. The lowest BCUT2D eigenvalue weighted by atomic mass is 10.1. The Labute approximate surface area is 138 Å². The van der Waals surface area contributed by atoms with E-state index >= 15 is 0 Å². The normalized spacial score (nSPS) is 11.6. The Bertz CT molecular complexity index is 793. The molecule has 0 aliphatic carbocycles. The largest absolute Gasteiger partial charge is 0.368 e. The summed E-state index contributed by atoms with van der Waals surface area (Å²) in [5.74, 6) is 0.191. The van der Waals surface area contributed by atoms with Gasteiger partial charge >= 0.3 is 0 Å². The van der Waals surface area contributed by atoms with Crippen LogP contribution in [-0.4, -0.2) is 24.9 Å². The Hall–Kier alpha value is -1.51. The van der Waals surface area contributed by atoms with Crippen LogP contribution >= 0.6 is 15.9 Å². The monoisotopic (exact) mass is 384 g/mol. The van der Waals surface area contributed by atoms with Crippen LogP contribution in [0.2, 0.25) is 0 Å². The molecule has 1 aromatic carbocycles. The molecule has 0 aliphatic heterocycles. The molecule has 3 N–H and O–H groups in total. The summed E-state index contributed by atoms with van der Waals surface area (Å²) in [6.45, 7) is 4.10. The van der Waals surface area contributed by atoms with Crippen LogP contribution in [0.3, 0.4) is 0 Å². The highest BCUT2D eigenvalue weighted by Crippen LogP contribution is 2.29. The number of anilines is 1. The summed E-state index contributed by atoms with van der Waals surface area (Å²) in [5, 5.41) is 0. The number of nitrogens with one attached hydrogen (secondary N) is 1. The molecule has 0 fully saturated rings. The second kappa shape index (κ2) is 6.72. The van der Waals surface area contributed by atoms with Crippen molar-refractivity contribution in [3.63, 3.8) is 0 Å². The molecule has 6 nitrogen and oxygen atoms in total. The Morgan fingerprint density at radius 3 is 2.73 bits per heavy atom. The first-order valence-electron chi connectivity index (χ1n) is 6.74. The summed E-state index contributed by atoms with van der Waals surface area (Å²) < 4.78 is 27.8. The minimum atomic E-state index is -3.57. The second-order valence-corrected chi connectivity index (χ2v) is 7.36. The smallest absolute Gasteiger partial charge is 0.241 e. The van der Waals surface area contributed by atoms with Gasteiger partial charge in [0.05, 0.1) is 10.6 Å². The number of aryl methyl sites for hydroxylation is 1. The van der Waals surface area contributed by atoms with Gasteiger partial charge in [-0.15, -0.1) is 0 Å². The molecule has 2 aromatic rings. The number of rotatable bonds is 5. The molecule has 0 aliphatic rings. The summed E-state index contributed by atoms with van der Waals surface area (Å²) in [6.07, 6.45) is 2.32. The number of nitrogen functional groups attached to an aromatic ring is 1. The van der Waals surface area contributed by atoms with E-state index in [0.29, 0.717) is 16.7 Å². The molecular formula is C14H17BrN4O2S. The maximum Gasteiger partial charge on any atom is 0.241 e. The highest BCUT2D eigenvalue weighted by molar-refractivity contribution is 9.10. The van der Waals surface area contributed by atoms with E-state index < -0.39 is 10.0 Å². The highest BCUT2D eigenvalue weighted by atomic mass is 79.9. The molecule has 8 heteroatoms. The Kier molecular flexibility index (Phi) is 5.15. The third kappa shape index (κ3) is 3.63. The summed E-state index contributed by atoms with van der Waals surface area (Å²) >= 11 is 3.29. The van der Waals surface area contributed by atoms with Gasteiger partial charge in [-0.05, 0) is 47.0 Å². The van der Waals surface area contributed by atoms with E-state index in [9.17, 15) is 8.42 Å². The Morgan fingerprint density at radius 1 is 1.36 bits per heavy atom. The zero-order valence-electron chi connectivity index (χ0n) is 12.3. The topological polar surface area (TPSA) is 98.0 Å². The highest BCUT2D eigenvalue weighted by Gasteiger charge is 2.18. The average Bonchev–Trinajstić information content (AvgIpc) is 2.46. The van der Waals surface area contributed by atoms with E-state index in [-0.39, 0.29) is 10.8 Å². The van der Waals surface area contributed by atoms with Crippen LogP contribution in [0, 0.1) is 6.92 Å². The van der Waals surface area contributed by atoms with Crippen LogP contribution in [0.4, 0.5) is 5.95 Å². The number of hydrogen-bond donors (Lipinski definition) is 2. The van der Waals surface area contributed by atoms with Gasteiger partial charge in [0.1, 0.15) is 0 Å². The molecule has 0 atom stereocenters. The molecule has 118 valence electrons. The molecule has 1 heterocycles. The van der Waals surface area contributed by atoms with E-state index in [2.05, 4.69) is 30.6 Å².